The first-order chi connectivity index (χ1) is 4.62. The highest BCUT2D eigenvalue weighted by atomic mass is 28.4. The fourth-order valence-corrected chi connectivity index (χ4v) is 2.38. The van der Waals surface area contributed by atoms with Crippen molar-refractivity contribution in [2.24, 2.45) is 0 Å². The standard InChI is InChI=1S/C7H16O2Si/c1-4-5-6-10(2,3)9-7-8/h7H,4-6H2,1-3H3. The smallest absolute Gasteiger partial charge is 0.279 e. The van der Waals surface area contributed by atoms with Gasteiger partial charge in [0.2, 0.25) is 8.32 Å². The van der Waals surface area contributed by atoms with Crippen LogP contribution in [0.15, 0.2) is 0 Å². The van der Waals surface area contributed by atoms with Crippen molar-refractivity contribution in [1.82, 2.24) is 0 Å². The molecule has 0 aliphatic carbocycles. The normalized spacial score (nSPS) is 11.1. The second-order valence-corrected chi connectivity index (χ2v) is 7.33. The number of hydrogen-bond acceptors (Lipinski definition) is 2. The molecule has 0 saturated heterocycles. The maximum absolute atomic E-state index is 10.00. The summed E-state index contributed by atoms with van der Waals surface area (Å²) in [5, 5.41) is 0. The van der Waals surface area contributed by atoms with Gasteiger partial charge in [-0.15, -0.1) is 0 Å². The van der Waals surface area contributed by atoms with Crippen LogP contribution >= 0.6 is 0 Å². The van der Waals surface area contributed by atoms with E-state index in [1.807, 2.05) is 0 Å². The van der Waals surface area contributed by atoms with E-state index in [1.54, 1.807) is 0 Å². The number of carbonyl (C=O) groups is 1. The van der Waals surface area contributed by atoms with Crippen LogP contribution in [0.1, 0.15) is 19.8 Å². The van der Waals surface area contributed by atoms with Crippen LogP contribution in [0.25, 0.3) is 0 Å². The molecule has 0 fully saturated rings. The number of rotatable bonds is 5. The lowest BCUT2D eigenvalue weighted by Gasteiger charge is -2.18. The predicted molar refractivity (Wildman–Crippen MR) is 44.3 cm³/mol. The molecular formula is C7H16O2Si. The summed E-state index contributed by atoms with van der Waals surface area (Å²) in [6.07, 6.45) is 2.35. The van der Waals surface area contributed by atoms with E-state index in [1.165, 1.54) is 12.8 Å². The summed E-state index contributed by atoms with van der Waals surface area (Å²) in [4.78, 5) is 10.00. The van der Waals surface area contributed by atoms with Crippen molar-refractivity contribution in [2.75, 3.05) is 0 Å². The molecule has 0 aliphatic heterocycles. The van der Waals surface area contributed by atoms with Crippen molar-refractivity contribution in [2.45, 2.75) is 38.9 Å². The van der Waals surface area contributed by atoms with E-state index in [0.717, 1.165) is 6.04 Å². The zero-order chi connectivity index (χ0) is 8.04. The summed E-state index contributed by atoms with van der Waals surface area (Å²) in [5.41, 5.74) is 0. The fraction of sp³-hybridized carbons (Fsp3) is 0.857. The molecule has 10 heavy (non-hydrogen) atoms. The van der Waals surface area contributed by atoms with E-state index >= 15 is 0 Å². The molecule has 0 aromatic rings. The summed E-state index contributed by atoms with van der Waals surface area (Å²) >= 11 is 0. The van der Waals surface area contributed by atoms with Gasteiger partial charge in [-0.25, -0.2) is 0 Å². The van der Waals surface area contributed by atoms with Crippen molar-refractivity contribution in [1.29, 1.82) is 0 Å². The van der Waals surface area contributed by atoms with Gasteiger partial charge in [0.25, 0.3) is 6.47 Å². The van der Waals surface area contributed by atoms with Crippen LogP contribution in [0.4, 0.5) is 0 Å². The molecule has 0 aliphatic rings. The van der Waals surface area contributed by atoms with Gasteiger partial charge in [-0.1, -0.05) is 19.8 Å². The third kappa shape index (κ3) is 4.55. The van der Waals surface area contributed by atoms with Gasteiger partial charge in [-0.05, 0) is 19.1 Å². The minimum absolute atomic E-state index is 0.585. The molecule has 0 saturated carbocycles. The maximum Gasteiger partial charge on any atom is 0.279 e. The van der Waals surface area contributed by atoms with Crippen LogP contribution in [0.3, 0.4) is 0 Å². The predicted octanol–water partition coefficient (Wildman–Crippen LogP) is 2.16. The zero-order valence-electron chi connectivity index (χ0n) is 7.02. The first-order valence-corrected chi connectivity index (χ1v) is 6.85. The minimum atomic E-state index is -1.59. The Hall–Kier alpha value is -0.313. The Bertz CT molecular complexity index is 102. The summed E-state index contributed by atoms with van der Waals surface area (Å²) in [7, 11) is -1.59. The first kappa shape index (κ1) is 9.69. The molecule has 0 N–H and O–H groups in total. The van der Waals surface area contributed by atoms with Crippen molar-refractivity contribution < 1.29 is 9.22 Å². The molecule has 0 amide bonds. The van der Waals surface area contributed by atoms with Crippen molar-refractivity contribution in [3.8, 4) is 0 Å². The fourth-order valence-electron chi connectivity index (χ4n) is 0.792. The van der Waals surface area contributed by atoms with Crippen LogP contribution in [-0.4, -0.2) is 14.8 Å². The average molecular weight is 160 g/mol. The lowest BCUT2D eigenvalue weighted by atomic mass is 10.4. The van der Waals surface area contributed by atoms with E-state index in [-0.39, 0.29) is 0 Å². The Morgan fingerprint density at radius 2 is 2.10 bits per heavy atom. The molecule has 3 heteroatoms. The van der Waals surface area contributed by atoms with Crippen molar-refractivity contribution in [3.05, 3.63) is 0 Å². The molecule has 0 radical (unpaired) electrons. The molecular weight excluding hydrogens is 144 g/mol. The Kier molecular flexibility index (Phi) is 4.35. The number of hydrogen-bond donors (Lipinski definition) is 0. The highest BCUT2D eigenvalue weighted by Crippen LogP contribution is 2.13. The van der Waals surface area contributed by atoms with Gasteiger partial charge in [0.1, 0.15) is 0 Å². The third-order valence-electron chi connectivity index (χ3n) is 1.50. The van der Waals surface area contributed by atoms with E-state index in [0.29, 0.717) is 6.47 Å². The molecule has 0 rings (SSSR count). The molecule has 0 unspecified atom stereocenters. The summed E-state index contributed by atoms with van der Waals surface area (Å²) in [6.45, 7) is 6.86. The van der Waals surface area contributed by atoms with Crippen LogP contribution in [0, 0.1) is 0 Å². The van der Waals surface area contributed by atoms with Crippen LogP contribution < -0.4 is 0 Å². The zero-order valence-corrected chi connectivity index (χ0v) is 8.02. The van der Waals surface area contributed by atoms with Gasteiger partial charge < -0.3 is 4.43 Å². The van der Waals surface area contributed by atoms with Gasteiger partial charge in [-0.2, -0.15) is 0 Å². The van der Waals surface area contributed by atoms with Crippen molar-refractivity contribution in [3.63, 3.8) is 0 Å². The molecule has 60 valence electrons. The van der Waals surface area contributed by atoms with Crippen LogP contribution in [-0.2, 0) is 9.22 Å². The lowest BCUT2D eigenvalue weighted by molar-refractivity contribution is -0.121. The molecule has 0 spiro atoms. The van der Waals surface area contributed by atoms with Crippen LogP contribution in [0.2, 0.25) is 19.1 Å². The summed E-state index contributed by atoms with van der Waals surface area (Å²) < 4.78 is 4.99. The summed E-state index contributed by atoms with van der Waals surface area (Å²) in [6, 6.07) is 1.09. The average Bonchev–Trinajstić information content (AvgIpc) is 1.84. The number of unbranched alkanes of at least 4 members (excludes halogenated alkanes) is 1. The molecule has 0 heterocycles. The van der Waals surface area contributed by atoms with Gasteiger partial charge in [-0.3, -0.25) is 4.79 Å². The quantitative estimate of drug-likeness (QED) is 0.455. The monoisotopic (exact) mass is 160 g/mol. The largest absolute Gasteiger partial charge is 0.522 e. The second kappa shape index (κ2) is 4.49. The molecule has 0 aromatic carbocycles. The van der Waals surface area contributed by atoms with Gasteiger partial charge in [0.05, 0.1) is 0 Å². The van der Waals surface area contributed by atoms with E-state index in [2.05, 4.69) is 20.0 Å². The Balaban J connectivity index is 3.51. The minimum Gasteiger partial charge on any atom is -0.522 e. The highest BCUT2D eigenvalue weighted by Gasteiger charge is 2.21. The third-order valence-corrected chi connectivity index (χ3v) is 3.79. The van der Waals surface area contributed by atoms with Gasteiger partial charge >= 0.3 is 0 Å². The van der Waals surface area contributed by atoms with Gasteiger partial charge in [0, 0.05) is 0 Å². The van der Waals surface area contributed by atoms with Crippen molar-refractivity contribution >= 4 is 14.8 Å². The number of carbonyl (C=O) groups excluding carboxylic acids is 1. The SMILES string of the molecule is CCCC[Si](C)(C)OC=O. The van der Waals surface area contributed by atoms with Crippen LogP contribution in [0.5, 0.6) is 0 Å². The second-order valence-electron chi connectivity index (χ2n) is 3.08. The van der Waals surface area contributed by atoms with E-state index in [9.17, 15) is 4.79 Å². The Labute approximate surface area is 63.7 Å². The molecule has 0 atom stereocenters. The first-order valence-electron chi connectivity index (χ1n) is 3.74. The Morgan fingerprint density at radius 3 is 2.50 bits per heavy atom. The topological polar surface area (TPSA) is 26.3 Å². The maximum atomic E-state index is 10.00. The Morgan fingerprint density at radius 1 is 1.50 bits per heavy atom. The lowest BCUT2D eigenvalue weighted by Crippen LogP contribution is -2.29. The molecule has 0 aromatic heterocycles. The molecule has 0 bridgehead atoms. The van der Waals surface area contributed by atoms with E-state index < -0.39 is 8.32 Å². The van der Waals surface area contributed by atoms with Gasteiger partial charge in [0.15, 0.2) is 0 Å². The molecule has 2 nitrogen and oxygen atoms in total. The summed E-state index contributed by atoms with van der Waals surface area (Å²) in [5.74, 6) is 0. The highest BCUT2D eigenvalue weighted by molar-refractivity contribution is 6.72. The van der Waals surface area contributed by atoms with E-state index in [4.69, 9.17) is 4.43 Å².